The zero-order valence-corrected chi connectivity index (χ0v) is 18.5. The van der Waals surface area contributed by atoms with E-state index in [4.69, 9.17) is 18.9 Å². The summed E-state index contributed by atoms with van der Waals surface area (Å²) in [4.78, 5) is 36.5. The fourth-order valence-corrected chi connectivity index (χ4v) is 3.94. The maximum Gasteiger partial charge on any atom is 0.547 e. The molecule has 1 fully saturated rings. The van der Waals surface area contributed by atoms with Gasteiger partial charge >= 0.3 is 19.2 Å². The number of nitrogens with one attached hydrogen (secondary N) is 1. The highest BCUT2D eigenvalue weighted by Crippen LogP contribution is 2.31. The van der Waals surface area contributed by atoms with Gasteiger partial charge in [-0.3, -0.25) is 4.79 Å². The predicted octanol–water partition coefficient (Wildman–Crippen LogP) is 2.91. The molecule has 1 aliphatic heterocycles. The van der Waals surface area contributed by atoms with E-state index in [0.717, 1.165) is 32.1 Å². The van der Waals surface area contributed by atoms with Crippen molar-refractivity contribution in [3.05, 3.63) is 29.3 Å². The fourth-order valence-electron chi connectivity index (χ4n) is 3.94. The first-order valence-corrected chi connectivity index (χ1v) is 11.2. The highest BCUT2D eigenvalue weighted by Gasteiger charge is 2.38. The van der Waals surface area contributed by atoms with Crippen molar-refractivity contribution < 1.29 is 38.3 Å². The molecule has 1 unspecified atom stereocenters. The lowest BCUT2D eigenvalue weighted by Crippen LogP contribution is -2.53. The number of benzene rings is 1. The smallest absolute Gasteiger partial charge is 0.534 e. The third-order valence-corrected chi connectivity index (χ3v) is 5.51. The molecule has 1 aromatic carbocycles. The molecular weight excluding hydrogens is 417 g/mol. The molecule has 9 nitrogen and oxygen atoms in total. The minimum atomic E-state index is -1.31. The summed E-state index contributed by atoms with van der Waals surface area (Å²) in [6.45, 7) is 3.31. The van der Waals surface area contributed by atoms with Crippen LogP contribution in [0.5, 0.6) is 5.75 Å². The van der Waals surface area contributed by atoms with Gasteiger partial charge in [-0.15, -0.1) is 0 Å². The molecule has 2 aliphatic rings. The summed E-state index contributed by atoms with van der Waals surface area (Å²) >= 11 is 0. The van der Waals surface area contributed by atoms with Crippen molar-refractivity contribution in [3.8, 4) is 5.75 Å². The van der Waals surface area contributed by atoms with Crippen LogP contribution in [0.2, 0.25) is 0 Å². The second kappa shape index (κ2) is 11.2. The van der Waals surface area contributed by atoms with Crippen LogP contribution in [-0.2, 0) is 25.4 Å². The number of hydrogen-bond acceptors (Lipinski definition) is 8. The van der Waals surface area contributed by atoms with E-state index in [0.29, 0.717) is 24.8 Å². The summed E-state index contributed by atoms with van der Waals surface area (Å²) in [5, 5.41) is 13.1. The summed E-state index contributed by atoms with van der Waals surface area (Å²) < 4.78 is 21.1. The third-order valence-electron chi connectivity index (χ3n) is 5.51. The first kappa shape index (κ1) is 23.9. The summed E-state index contributed by atoms with van der Waals surface area (Å²) in [5.74, 6) is -1.38. The Labute approximate surface area is 187 Å². The average Bonchev–Trinajstić information content (AvgIpc) is 2.74. The lowest BCUT2D eigenvalue weighted by atomic mass is 9.72. The predicted molar refractivity (Wildman–Crippen MR) is 115 cm³/mol. The van der Waals surface area contributed by atoms with E-state index >= 15 is 0 Å². The van der Waals surface area contributed by atoms with Crippen molar-refractivity contribution in [2.24, 2.45) is 0 Å². The molecule has 1 saturated carbocycles. The second-order valence-electron chi connectivity index (χ2n) is 8.15. The second-order valence-corrected chi connectivity index (χ2v) is 8.15. The van der Waals surface area contributed by atoms with Gasteiger partial charge in [0.05, 0.1) is 5.94 Å². The number of carbonyl (C=O) groups excluding carboxylic acids is 3. The van der Waals surface area contributed by atoms with Gasteiger partial charge in [0.15, 0.2) is 0 Å². The monoisotopic (exact) mass is 447 g/mol. The number of fused-ring (bicyclic) bond motifs is 1. The van der Waals surface area contributed by atoms with E-state index in [2.05, 4.69) is 5.32 Å². The van der Waals surface area contributed by atoms with Gasteiger partial charge in [0, 0.05) is 13.3 Å². The average molecular weight is 447 g/mol. The highest BCUT2D eigenvalue weighted by molar-refractivity contribution is 6.47. The van der Waals surface area contributed by atoms with Crippen LogP contribution in [-0.4, -0.2) is 48.5 Å². The van der Waals surface area contributed by atoms with Crippen LogP contribution in [0.1, 0.15) is 74.7 Å². The molecule has 2 N–H and O–H groups in total. The Morgan fingerprint density at radius 3 is 2.69 bits per heavy atom. The van der Waals surface area contributed by atoms with E-state index in [9.17, 15) is 19.4 Å². The van der Waals surface area contributed by atoms with Crippen molar-refractivity contribution >= 4 is 25.2 Å². The van der Waals surface area contributed by atoms with E-state index in [1.165, 1.54) is 13.0 Å². The SMILES string of the molecule is CCCC(=O)N[C@H]1Cc2cccc(C(=O)OC(C)OC(=O)OC3CCCCC3)c2OB1O. The number of ether oxygens (including phenoxy) is 3. The molecule has 1 aromatic rings. The first-order valence-electron chi connectivity index (χ1n) is 11.2. The lowest BCUT2D eigenvalue weighted by molar-refractivity contribution is -0.121. The van der Waals surface area contributed by atoms with Crippen LogP contribution in [0.3, 0.4) is 0 Å². The van der Waals surface area contributed by atoms with E-state index in [1.54, 1.807) is 12.1 Å². The quantitative estimate of drug-likeness (QED) is 0.372. The van der Waals surface area contributed by atoms with Gasteiger partial charge in [0.1, 0.15) is 17.4 Å². The summed E-state index contributed by atoms with van der Waals surface area (Å²) in [5.41, 5.74) is 0.743. The molecule has 1 aliphatic carbocycles. The van der Waals surface area contributed by atoms with E-state index in [-0.39, 0.29) is 23.3 Å². The molecule has 32 heavy (non-hydrogen) atoms. The summed E-state index contributed by atoms with van der Waals surface area (Å²) in [6, 6.07) is 4.90. The van der Waals surface area contributed by atoms with E-state index in [1.807, 2.05) is 6.92 Å². The number of amides is 1. The zero-order valence-electron chi connectivity index (χ0n) is 18.5. The van der Waals surface area contributed by atoms with Crippen LogP contribution in [0, 0.1) is 0 Å². The van der Waals surface area contributed by atoms with Crippen molar-refractivity contribution in [2.45, 2.75) is 83.5 Å². The maximum absolute atomic E-state index is 12.7. The van der Waals surface area contributed by atoms with Crippen LogP contribution >= 0.6 is 0 Å². The van der Waals surface area contributed by atoms with Crippen LogP contribution in [0.15, 0.2) is 18.2 Å². The summed E-state index contributed by atoms with van der Waals surface area (Å²) in [6.07, 6.45) is 3.90. The Bertz CT molecular complexity index is 826. The molecule has 0 bridgehead atoms. The number of hydrogen-bond donors (Lipinski definition) is 2. The van der Waals surface area contributed by atoms with E-state index < -0.39 is 31.5 Å². The fraction of sp³-hybridized carbons (Fsp3) is 0.591. The number of esters is 1. The Morgan fingerprint density at radius 1 is 1.22 bits per heavy atom. The standard InChI is InChI=1S/C22H30BNO8/c1-3-8-19(25)24-18-13-15-9-7-12-17(20(15)32-23(18)28)21(26)29-14(2)30-22(27)31-16-10-5-4-6-11-16/h7,9,12,14,16,18,28H,3-6,8,10-11,13H2,1-2H3,(H,24,25)/t14?,18-/m0/s1. The van der Waals surface area contributed by atoms with Gasteiger partial charge in [-0.1, -0.05) is 25.5 Å². The topological polar surface area (TPSA) is 120 Å². The van der Waals surface area contributed by atoms with Gasteiger partial charge < -0.3 is 29.2 Å². The van der Waals surface area contributed by atoms with Gasteiger partial charge in [0.25, 0.3) is 0 Å². The first-order chi connectivity index (χ1) is 15.4. The van der Waals surface area contributed by atoms with Crippen LogP contribution in [0.25, 0.3) is 0 Å². The molecule has 0 spiro atoms. The van der Waals surface area contributed by atoms with Crippen molar-refractivity contribution in [3.63, 3.8) is 0 Å². The highest BCUT2D eigenvalue weighted by atomic mass is 16.8. The van der Waals surface area contributed by atoms with Gasteiger partial charge in [-0.2, -0.15) is 0 Å². The molecule has 0 radical (unpaired) electrons. The molecule has 1 amide bonds. The molecule has 0 saturated heterocycles. The third kappa shape index (κ3) is 6.38. The van der Waals surface area contributed by atoms with Gasteiger partial charge in [0.2, 0.25) is 12.2 Å². The van der Waals surface area contributed by atoms with Crippen molar-refractivity contribution in [2.75, 3.05) is 0 Å². The van der Waals surface area contributed by atoms with Crippen LogP contribution < -0.4 is 9.97 Å². The molecule has 2 atom stereocenters. The van der Waals surface area contributed by atoms with Gasteiger partial charge in [-0.05, 0) is 50.2 Å². The largest absolute Gasteiger partial charge is 0.547 e. The maximum atomic E-state index is 12.7. The lowest BCUT2D eigenvalue weighted by Gasteiger charge is -2.29. The molecule has 0 aromatic heterocycles. The molecule has 3 rings (SSSR count). The number of carbonyl (C=O) groups is 3. The van der Waals surface area contributed by atoms with Crippen LogP contribution in [0.4, 0.5) is 4.79 Å². The molecule has 1 heterocycles. The molecule has 10 heteroatoms. The van der Waals surface area contributed by atoms with Crippen molar-refractivity contribution in [1.82, 2.24) is 5.32 Å². The van der Waals surface area contributed by atoms with Crippen molar-refractivity contribution in [1.29, 1.82) is 0 Å². The Hall–Kier alpha value is -2.75. The Morgan fingerprint density at radius 2 is 1.97 bits per heavy atom. The molecular formula is C22H30BNO8. The zero-order chi connectivity index (χ0) is 23.1. The number of para-hydroxylation sites is 1. The Kier molecular flexibility index (Phi) is 8.38. The summed E-state index contributed by atoms with van der Waals surface area (Å²) in [7, 11) is -1.31. The minimum Gasteiger partial charge on any atom is -0.534 e. The number of rotatable bonds is 7. The minimum absolute atomic E-state index is 0.0935. The van der Waals surface area contributed by atoms with Gasteiger partial charge in [-0.25, -0.2) is 9.59 Å². The molecule has 174 valence electrons. The Balaban J connectivity index is 1.58. The normalized spacial score (nSPS) is 19.2.